The molecule has 0 saturated heterocycles. The lowest BCUT2D eigenvalue weighted by Crippen LogP contribution is -2.56. The van der Waals surface area contributed by atoms with E-state index in [0.29, 0.717) is 55.6 Å². The van der Waals surface area contributed by atoms with Crippen LogP contribution in [0.3, 0.4) is 0 Å². The van der Waals surface area contributed by atoms with Gasteiger partial charge in [0.15, 0.2) is 5.78 Å². The second-order valence-electron chi connectivity index (χ2n) is 20.7. The molecular weight excluding hydrogens is 741 g/mol. The number of benzene rings is 1. The second-order valence-corrected chi connectivity index (χ2v) is 20.7. The average Bonchev–Trinajstić information content (AvgIpc) is 3.45. The first-order valence-corrected chi connectivity index (χ1v) is 22.3. The van der Waals surface area contributed by atoms with E-state index in [1.54, 1.807) is 6.08 Å². The van der Waals surface area contributed by atoms with Gasteiger partial charge in [0, 0.05) is 40.4 Å². The minimum atomic E-state index is -1.68. The number of fused-ring (bicyclic) bond motifs is 4. The predicted molar refractivity (Wildman–Crippen MR) is 234 cm³/mol. The van der Waals surface area contributed by atoms with Gasteiger partial charge >= 0.3 is 5.97 Å². The topological polar surface area (TPSA) is 141 Å². The van der Waals surface area contributed by atoms with Crippen molar-refractivity contribution in [2.45, 2.75) is 171 Å². The van der Waals surface area contributed by atoms with Gasteiger partial charge in [0.05, 0.1) is 6.10 Å². The number of ether oxygens (including phenoxy) is 1. The molecular formula is C51H74O8. The molecule has 4 N–H and O–H groups in total. The third kappa shape index (κ3) is 9.39. The highest BCUT2D eigenvalue weighted by molar-refractivity contribution is 6.00. The van der Waals surface area contributed by atoms with Crippen LogP contribution in [0.4, 0.5) is 0 Å². The van der Waals surface area contributed by atoms with Crippen molar-refractivity contribution in [1.29, 1.82) is 0 Å². The third-order valence-corrected chi connectivity index (χ3v) is 16.1. The van der Waals surface area contributed by atoms with Gasteiger partial charge in [-0.25, -0.2) is 4.79 Å². The zero-order chi connectivity index (χ0) is 43.7. The molecule has 8 atom stereocenters. The van der Waals surface area contributed by atoms with Crippen LogP contribution < -0.4 is 0 Å². The van der Waals surface area contributed by atoms with Crippen molar-refractivity contribution in [3.8, 4) is 11.5 Å². The molecule has 0 spiro atoms. The molecule has 0 aromatic heterocycles. The Labute approximate surface area is 354 Å². The van der Waals surface area contributed by atoms with Crippen molar-refractivity contribution < 1.29 is 39.5 Å². The zero-order valence-corrected chi connectivity index (χ0v) is 37.8. The molecule has 0 unspecified atom stereocenters. The highest BCUT2D eigenvalue weighted by Gasteiger charge is 2.65. The normalized spacial score (nSPS) is 30.2. The number of ketones is 2. The lowest BCUT2D eigenvalue weighted by molar-refractivity contribution is -0.155. The maximum atomic E-state index is 14.2. The largest absolute Gasteiger partial charge is 0.508 e. The lowest BCUT2D eigenvalue weighted by Gasteiger charge is -2.60. The summed E-state index contributed by atoms with van der Waals surface area (Å²) >= 11 is 0. The van der Waals surface area contributed by atoms with Crippen LogP contribution in [-0.4, -0.2) is 56.3 Å². The summed E-state index contributed by atoms with van der Waals surface area (Å²) in [5, 5.41) is 43.1. The number of aromatic hydroxyl groups is 2. The number of carbonyl (C=O) groups excluding carboxylic acids is 3. The van der Waals surface area contributed by atoms with Gasteiger partial charge in [-0.3, -0.25) is 9.59 Å². The Morgan fingerprint density at radius 1 is 0.949 bits per heavy atom. The summed E-state index contributed by atoms with van der Waals surface area (Å²) in [6.07, 6.45) is 14.6. The molecule has 8 nitrogen and oxygen atoms in total. The van der Waals surface area contributed by atoms with Gasteiger partial charge < -0.3 is 25.2 Å². The fraction of sp³-hybridized carbons (Fsp3) is 0.667. The molecule has 1 aromatic carbocycles. The zero-order valence-electron chi connectivity index (χ0n) is 37.8. The van der Waals surface area contributed by atoms with E-state index in [4.69, 9.17) is 4.74 Å². The first-order valence-electron chi connectivity index (χ1n) is 22.3. The van der Waals surface area contributed by atoms with Crippen molar-refractivity contribution in [3.05, 3.63) is 69.9 Å². The number of phenols is 2. The SMILES string of the molecule is CC(C)=CCCC(C)=CCC/C(=C\Cc1cc(O)ccc1O)C(=O)OC[C@@](C)(O)[C@@H](O)CC[C@@H](C)[C@H]1CC[C@@]2(C)C3=C(CC[C@]12C)[C@@]1(C)CCC(=O)C(C)(C)[C@@H]1CC3=O. The van der Waals surface area contributed by atoms with Crippen LogP contribution in [0.2, 0.25) is 0 Å². The predicted octanol–water partition coefficient (Wildman–Crippen LogP) is 10.6. The highest BCUT2D eigenvalue weighted by Crippen LogP contribution is 2.71. The van der Waals surface area contributed by atoms with Crippen LogP contribution >= 0.6 is 0 Å². The first-order chi connectivity index (χ1) is 27.5. The van der Waals surface area contributed by atoms with E-state index in [2.05, 4.69) is 60.6 Å². The Morgan fingerprint density at radius 2 is 1.64 bits per heavy atom. The molecule has 8 heteroatoms. The van der Waals surface area contributed by atoms with E-state index in [1.165, 1.54) is 41.8 Å². The molecule has 4 aliphatic carbocycles. The fourth-order valence-corrected chi connectivity index (χ4v) is 11.9. The van der Waals surface area contributed by atoms with E-state index < -0.39 is 23.1 Å². The monoisotopic (exact) mass is 815 g/mol. The summed E-state index contributed by atoms with van der Waals surface area (Å²) in [5.41, 5.74) is 3.09. The van der Waals surface area contributed by atoms with E-state index in [0.717, 1.165) is 50.5 Å². The van der Waals surface area contributed by atoms with E-state index >= 15 is 0 Å². The van der Waals surface area contributed by atoms with E-state index in [-0.39, 0.29) is 64.2 Å². The minimum absolute atomic E-state index is 0.0147. The third-order valence-electron chi connectivity index (χ3n) is 16.1. The smallest absolute Gasteiger partial charge is 0.333 e. The van der Waals surface area contributed by atoms with Crippen LogP contribution in [0.1, 0.15) is 158 Å². The van der Waals surface area contributed by atoms with Crippen molar-refractivity contribution >= 4 is 17.5 Å². The van der Waals surface area contributed by atoms with E-state index in [9.17, 15) is 34.8 Å². The number of aliphatic hydroxyl groups excluding tert-OH is 1. The van der Waals surface area contributed by atoms with Gasteiger partial charge in [0.2, 0.25) is 0 Å². The molecule has 0 bridgehead atoms. The number of rotatable bonds is 16. The summed E-state index contributed by atoms with van der Waals surface area (Å²) < 4.78 is 5.70. The Kier molecular flexibility index (Phi) is 14.1. The lowest BCUT2D eigenvalue weighted by atomic mass is 9.43. The Balaban J connectivity index is 1.22. The molecule has 5 rings (SSSR count). The molecule has 1 aromatic rings. The van der Waals surface area contributed by atoms with Crippen LogP contribution in [-0.2, 0) is 25.5 Å². The van der Waals surface area contributed by atoms with Crippen molar-refractivity contribution in [1.82, 2.24) is 0 Å². The number of carbonyl (C=O) groups is 3. The molecule has 4 aliphatic rings. The molecule has 326 valence electrons. The summed E-state index contributed by atoms with van der Waals surface area (Å²) in [5.74, 6) is 0.562. The highest BCUT2D eigenvalue weighted by atomic mass is 16.5. The van der Waals surface area contributed by atoms with Gasteiger partial charge in [-0.2, -0.15) is 0 Å². The Morgan fingerprint density at radius 3 is 2.34 bits per heavy atom. The van der Waals surface area contributed by atoms with Gasteiger partial charge in [-0.05, 0) is 152 Å². The summed E-state index contributed by atoms with van der Waals surface area (Å²) in [6.45, 7) is 20.7. The molecule has 0 aliphatic heterocycles. The molecule has 2 fully saturated rings. The average molecular weight is 815 g/mol. The Bertz CT molecular complexity index is 1890. The van der Waals surface area contributed by atoms with Gasteiger partial charge in [0.1, 0.15) is 29.5 Å². The number of allylic oxidation sites excluding steroid dienone is 7. The van der Waals surface area contributed by atoms with Crippen molar-refractivity contribution in [2.24, 2.45) is 39.4 Å². The summed E-state index contributed by atoms with van der Waals surface area (Å²) in [7, 11) is 0. The second kappa shape index (κ2) is 17.8. The number of hydrogen-bond acceptors (Lipinski definition) is 8. The first kappa shape index (κ1) is 46.6. The number of aliphatic hydroxyl groups is 2. The van der Waals surface area contributed by atoms with Gasteiger partial charge in [-0.15, -0.1) is 0 Å². The van der Waals surface area contributed by atoms with Gasteiger partial charge in [0.25, 0.3) is 0 Å². The number of phenolic OH excluding ortho intramolecular Hbond substituents is 2. The van der Waals surface area contributed by atoms with Crippen LogP contribution in [0.15, 0.2) is 64.3 Å². The minimum Gasteiger partial charge on any atom is -0.508 e. The quantitative estimate of drug-likeness (QED) is 0.0559. The standard InChI is InChI=1S/C51H74O8/c1-32(2)13-11-14-33(3)15-12-16-35(18-19-36-29-37(52)20-21-40(36)53)46(57)59-31-51(10,58)44(56)22-17-34(4)38-23-28-50(9)45-39(24-27-49(38,50)8)48(7)26-25-43(55)47(5,6)42(48)30-41(45)54/h13,15,18,20-21,29,34,38,42,44,52-53,56,58H,11-12,14,16-17,19,22-28,30-31H2,1-10H3/b33-15?,35-18+/t34-,38-,42+,44+,48-,49-,50+,51-/m1/s1. The Hall–Kier alpha value is -3.49. The molecule has 59 heavy (non-hydrogen) atoms. The van der Waals surface area contributed by atoms with Crippen molar-refractivity contribution in [3.63, 3.8) is 0 Å². The molecule has 0 amide bonds. The fourth-order valence-electron chi connectivity index (χ4n) is 11.9. The summed E-state index contributed by atoms with van der Waals surface area (Å²) in [6, 6.07) is 4.28. The van der Waals surface area contributed by atoms with Crippen LogP contribution in [0.25, 0.3) is 0 Å². The molecule has 0 heterocycles. The van der Waals surface area contributed by atoms with Crippen LogP contribution in [0, 0.1) is 39.4 Å². The molecule has 2 saturated carbocycles. The van der Waals surface area contributed by atoms with Crippen molar-refractivity contribution in [2.75, 3.05) is 6.61 Å². The number of Topliss-reactive ketones (excluding diaryl/α,β-unsaturated/α-hetero) is 2. The molecule has 0 radical (unpaired) electrons. The van der Waals surface area contributed by atoms with Crippen LogP contribution in [0.5, 0.6) is 11.5 Å². The summed E-state index contributed by atoms with van der Waals surface area (Å²) in [4.78, 5) is 40.8. The number of hydrogen-bond donors (Lipinski definition) is 4. The maximum Gasteiger partial charge on any atom is 0.333 e. The van der Waals surface area contributed by atoms with Gasteiger partial charge in [-0.1, -0.05) is 76.5 Å². The maximum absolute atomic E-state index is 14.2. The van der Waals surface area contributed by atoms with E-state index in [1.807, 2.05) is 13.8 Å². The number of esters is 1.